The Balaban J connectivity index is 1.60. The Morgan fingerprint density at radius 3 is 2.43 bits per heavy atom. The van der Waals surface area contributed by atoms with Crippen LogP contribution in [0.4, 0.5) is 0 Å². The molecule has 0 amide bonds. The third-order valence-electron chi connectivity index (χ3n) is 3.79. The lowest BCUT2D eigenvalue weighted by atomic mass is 10.1. The second kappa shape index (κ2) is 6.30. The van der Waals surface area contributed by atoms with Crippen LogP contribution in [0.5, 0.6) is 0 Å². The predicted octanol–water partition coefficient (Wildman–Crippen LogP) is 4.69. The first-order chi connectivity index (χ1) is 10.1. The number of halogens is 2. The summed E-state index contributed by atoms with van der Waals surface area (Å²) in [7, 11) is 0. The van der Waals surface area contributed by atoms with Crippen molar-refractivity contribution in [2.24, 2.45) is 0 Å². The zero-order valence-electron chi connectivity index (χ0n) is 11.5. The standard InChI is InChI=1S/C17H15BrClNO/c18-14-5-6-15(16(19)9-14)17(21)7-8-20-10-12-3-1-2-4-13(12)11-20/h1-6,9H,7-8,10-11H2. The summed E-state index contributed by atoms with van der Waals surface area (Å²) >= 11 is 9.48. The van der Waals surface area contributed by atoms with Crippen LogP contribution < -0.4 is 0 Å². The highest BCUT2D eigenvalue weighted by atomic mass is 79.9. The average molecular weight is 365 g/mol. The summed E-state index contributed by atoms with van der Waals surface area (Å²) in [4.78, 5) is 14.6. The van der Waals surface area contributed by atoms with Gasteiger partial charge in [-0.25, -0.2) is 0 Å². The van der Waals surface area contributed by atoms with Crippen molar-refractivity contribution in [3.05, 3.63) is 68.7 Å². The topological polar surface area (TPSA) is 20.3 Å². The van der Waals surface area contributed by atoms with E-state index in [4.69, 9.17) is 11.6 Å². The van der Waals surface area contributed by atoms with Gasteiger partial charge in [0.2, 0.25) is 0 Å². The Kier molecular flexibility index (Phi) is 4.43. The van der Waals surface area contributed by atoms with Gasteiger partial charge in [-0.2, -0.15) is 0 Å². The molecule has 1 heterocycles. The van der Waals surface area contributed by atoms with E-state index in [-0.39, 0.29) is 5.78 Å². The number of hydrogen-bond donors (Lipinski definition) is 0. The van der Waals surface area contributed by atoms with Crippen molar-refractivity contribution in [2.45, 2.75) is 19.5 Å². The molecule has 1 aliphatic heterocycles. The highest BCUT2D eigenvalue weighted by Gasteiger charge is 2.19. The molecule has 0 unspecified atom stereocenters. The number of hydrogen-bond acceptors (Lipinski definition) is 2. The molecule has 0 atom stereocenters. The number of ketones is 1. The van der Waals surface area contributed by atoms with E-state index in [0.717, 1.165) is 24.1 Å². The van der Waals surface area contributed by atoms with Crippen molar-refractivity contribution < 1.29 is 4.79 Å². The SMILES string of the molecule is O=C(CCN1Cc2ccccc2C1)c1ccc(Br)cc1Cl. The predicted molar refractivity (Wildman–Crippen MR) is 88.7 cm³/mol. The number of benzene rings is 2. The van der Waals surface area contributed by atoms with E-state index in [1.54, 1.807) is 12.1 Å². The number of fused-ring (bicyclic) bond motifs is 1. The molecule has 4 heteroatoms. The van der Waals surface area contributed by atoms with Crippen LogP contribution in [0.25, 0.3) is 0 Å². The minimum atomic E-state index is 0.100. The molecule has 0 bridgehead atoms. The van der Waals surface area contributed by atoms with Crippen LogP contribution in [0.1, 0.15) is 27.9 Å². The first-order valence-electron chi connectivity index (χ1n) is 6.91. The van der Waals surface area contributed by atoms with Gasteiger partial charge in [0.1, 0.15) is 0 Å². The van der Waals surface area contributed by atoms with Gasteiger partial charge >= 0.3 is 0 Å². The fraction of sp³-hybridized carbons (Fsp3) is 0.235. The van der Waals surface area contributed by atoms with Crippen molar-refractivity contribution in [1.29, 1.82) is 0 Å². The van der Waals surface area contributed by atoms with Gasteiger partial charge in [-0.3, -0.25) is 9.69 Å². The molecule has 2 aromatic rings. The Bertz CT molecular complexity index is 661. The molecule has 0 saturated carbocycles. The van der Waals surface area contributed by atoms with Crippen LogP contribution >= 0.6 is 27.5 Å². The molecule has 0 radical (unpaired) electrons. The molecule has 2 aromatic carbocycles. The van der Waals surface area contributed by atoms with Gasteiger partial charge in [-0.15, -0.1) is 0 Å². The number of carbonyl (C=O) groups excluding carboxylic acids is 1. The molecule has 0 spiro atoms. The quantitative estimate of drug-likeness (QED) is 0.734. The van der Waals surface area contributed by atoms with Crippen LogP contribution in [0.15, 0.2) is 46.9 Å². The van der Waals surface area contributed by atoms with E-state index >= 15 is 0 Å². The van der Waals surface area contributed by atoms with Crippen molar-refractivity contribution in [1.82, 2.24) is 4.90 Å². The zero-order chi connectivity index (χ0) is 14.8. The molecule has 0 saturated heterocycles. The fourth-order valence-electron chi connectivity index (χ4n) is 2.67. The van der Waals surface area contributed by atoms with Gasteiger partial charge in [0.05, 0.1) is 5.02 Å². The molecule has 21 heavy (non-hydrogen) atoms. The van der Waals surface area contributed by atoms with Crippen molar-refractivity contribution in [3.63, 3.8) is 0 Å². The Hall–Kier alpha value is -1.16. The van der Waals surface area contributed by atoms with Crippen LogP contribution in [-0.4, -0.2) is 17.2 Å². The molecule has 0 N–H and O–H groups in total. The number of nitrogens with zero attached hydrogens (tertiary/aromatic N) is 1. The van der Waals surface area contributed by atoms with Crippen LogP contribution in [0.3, 0.4) is 0 Å². The summed E-state index contributed by atoms with van der Waals surface area (Å²) < 4.78 is 0.888. The maximum Gasteiger partial charge on any atom is 0.165 e. The molecule has 108 valence electrons. The first-order valence-corrected chi connectivity index (χ1v) is 8.08. The number of Topliss-reactive ketones (excluding diaryl/α,β-unsaturated/α-hetero) is 1. The number of rotatable bonds is 4. The molecule has 0 aromatic heterocycles. The lowest BCUT2D eigenvalue weighted by molar-refractivity contribution is 0.0963. The van der Waals surface area contributed by atoms with E-state index in [1.165, 1.54) is 11.1 Å². The monoisotopic (exact) mass is 363 g/mol. The van der Waals surface area contributed by atoms with Crippen molar-refractivity contribution in [2.75, 3.05) is 6.54 Å². The lowest BCUT2D eigenvalue weighted by Crippen LogP contribution is -2.20. The maximum absolute atomic E-state index is 12.3. The number of carbonyl (C=O) groups is 1. The largest absolute Gasteiger partial charge is 0.294 e. The van der Waals surface area contributed by atoms with E-state index in [0.29, 0.717) is 17.0 Å². The van der Waals surface area contributed by atoms with Gasteiger partial charge in [0, 0.05) is 36.1 Å². The third kappa shape index (κ3) is 3.37. The van der Waals surface area contributed by atoms with Crippen molar-refractivity contribution >= 4 is 33.3 Å². The molecule has 2 nitrogen and oxygen atoms in total. The van der Waals surface area contributed by atoms with Crippen LogP contribution in [-0.2, 0) is 13.1 Å². The minimum Gasteiger partial charge on any atom is -0.294 e. The van der Waals surface area contributed by atoms with Crippen molar-refractivity contribution in [3.8, 4) is 0 Å². The Morgan fingerprint density at radius 1 is 1.14 bits per heavy atom. The normalized spacial score (nSPS) is 14.2. The molecule has 0 aliphatic carbocycles. The molecule has 0 fully saturated rings. The smallest absolute Gasteiger partial charge is 0.165 e. The summed E-state index contributed by atoms with van der Waals surface area (Å²) in [5.41, 5.74) is 3.34. The molecule has 1 aliphatic rings. The van der Waals surface area contributed by atoms with E-state index < -0.39 is 0 Å². The van der Waals surface area contributed by atoms with E-state index in [9.17, 15) is 4.79 Å². The van der Waals surface area contributed by atoms with Gasteiger partial charge in [0.15, 0.2) is 5.78 Å². The summed E-state index contributed by atoms with van der Waals surface area (Å²) in [6.45, 7) is 2.62. The lowest BCUT2D eigenvalue weighted by Gasteiger charge is -2.14. The van der Waals surface area contributed by atoms with E-state index in [1.807, 2.05) is 6.07 Å². The zero-order valence-corrected chi connectivity index (χ0v) is 13.8. The fourth-order valence-corrected chi connectivity index (χ4v) is 3.45. The Morgan fingerprint density at radius 2 is 1.81 bits per heavy atom. The summed E-state index contributed by atoms with van der Waals surface area (Å²) in [5.74, 6) is 0.100. The first kappa shape index (κ1) is 14.8. The van der Waals surface area contributed by atoms with Gasteiger partial charge in [-0.1, -0.05) is 51.8 Å². The summed E-state index contributed by atoms with van der Waals surface area (Å²) in [6.07, 6.45) is 0.495. The maximum atomic E-state index is 12.3. The van der Waals surface area contributed by atoms with Gasteiger partial charge in [0.25, 0.3) is 0 Å². The average Bonchev–Trinajstić information content (AvgIpc) is 2.87. The van der Waals surface area contributed by atoms with Gasteiger partial charge in [-0.05, 0) is 29.3 Å². The molecular formula is C17H15BrClNO. The third-order valence-corrected chi connectivity index (χ3v) is 4.60. The second-order valence-electron chi connectivity index (χ2n) is 5.28. The van der Waals surface area contributed by atoms with E-state index in [2.05, 4.69) is 45.1 Å². The van der Waals surface area contributed by atoms with Crippen LogP contribution in [0.2, 0.25) is 5.02 Å². The molecular weight excluding hydrogens is 350 g/mol. The highest BCUT2D eigenvalue weighted by Crippen LogP contribution is 2.24. The Labute approximate surface area is 137 Å². The summed E-state index contributed by atoms with van der Waals surface area (Å²) in [6, 6.07) is 13.8. The summed E-state index contributed by atoms with van der Waals surface area (Å²) in [5, 5.41) is 0.513. The van der Waals surface area contributed by atoms with Crippen LogP contribution in [0, 0.1) is 0 Å². The molecule has 3 rings (SSSR count). The highest BCUT2D eigenvalue weighted by molar-refractivity contribution is 9.10. The minimum absolute atomic E-state index is 0.100. The second-order valence-corrected chi connectivity index (χ2v) is 6.60. The van der Waals surface area contributed by atoms with Gasteiger partial charge < -0.3 is 0 Å².